The molecule has 2 N–H and O–H groups in total. The molecule has 0 spiro atoms. The van der Waals surface area contributed by atoms with Crippen molar-refractivity contribution < 1.29 is 16.8 Å². The van der Waals surface area contributed by atoms with E-state index in [0.717, 1.165) is 0 Å². The maximum atomic E-state index is 11.7. The number of sulfonamides is 2. The second-order valence-electron chi connectivity index (χ2n) is 3.95. The highest BCUT2D eigenvalue weighted by molar-refractivity contribution is 7.92. The normalized spacial score (nSPS) is 12.3. The van der Waals surface area contributed by atoms with E-state index in [1.807, 2.05) is 0 Å². The van der Waals surface area contributed by atoms with Crippen molar-refractivity contribution in [1.82, 2.24) is 4.72 Å². The lowest BCUT2D eigenvalue weighted by Gasteiger charge is -2.08. The van der Waals surface area contributed by atoms with E-state index in [2.05, 4.69) is 9.44 Å². The molecule has 0 unspecified atom stereocenters. The lowest BCUT2D eigenvalue weighted by molar-refractivity contribution is 0.584. The number of rotatable bonds is 7. The Balaban J connectivity index is 2.89. The van der Waals surface area contributed by atoms with Gasteiger partial charge >= 0.3 is 0 Å². The first-order valence-electron chi connectivity index (χ1n) is 5.91. The molecule has 0 atom stereocenters. The van der Waals surface area contributed by atoms with Crippen molar-refractivity contribution in [2.24, 2.45) is 0 Å². The zero-order valence-electron chi connectivity index (χ0n) is 10.9. The lowest BCUT2D eigenvalue weighted by atomic mass is 10.3. The van der Waals surface area contributed by atoms with Crippen molar-refractivity contribution >= 4 is 25.7 Å². The van der Waals surface area contributed by atoms with Crippen LogP contribution in [-0.2, 0) is 20.0 Å². The third kappa shape index (κ3) is 4.81. The molecular formula is C11H18N2O4S2. The summed E-state index contributed by atoms with van der Waals surface area (Å²) in [7, 11) is -6.87. The summed E-state index contributed by atoms with van der Waals surface area (Å²) in [5.41, 5.74) is 0.351. The van der Waals surface area contributed by atoms with Crippen LogP contribution >= 0.6 is 0 Å². The Morgan fingerprint density at radius 1 is 1.00 bits per heavy atom. The molecule has 0 aromatic heterocycles. The third-order valence-corrected chi connectivity index (χ3v) is 5.30. The fourth-order valence-corrected chi connectivity index (χ4v) is 3.65. The van der Waals surface area contributed by atoms with Crippen molar-refractivity contribution in [3.05, 3.63) is 24.3 Å². The van der Waals surface area contributed by atoms with Gasteiger partial charge in [-0.25, -0.2) is 21.6 Å². The van der Waals surface area contributed by atoms with Gasteiger partial charge in [0.1, 0.15) is 0 Å². The molecule has 0 amide bonds. The standard InChI is InChI=1S/C11H18N2O4S2/c1-3-9-18(14,15)13-10-5-7-11(8-6-10)19(16,17)12-4-2/h5-8,12-13H,3-4,9H2,1-2H3. The average Bonchev–Trinajstić information content (AvgIpc) is 2.28. The van der Waals surface area contributed by atoms with E-state index in [4.69, 9.17) is 0 Å². The van der Waals surface area contributed by atoms with Gasteiger partial charge in [0, 0.05) is 12.2 Å². The molecule has 0 fully saturated rings. The lowest BCUT2D eigenvalue weighted by Crippen LogP contribution is -2.23. The monoisotopic (exact) mass is 306 g/mol. The van der Waals surface area contributed by atoms with Gasteiger partial charge in [-0.1, -0.05) is 13.8 Å². The molecule has 0 aliphatic rings. The van der Waals surface area contributed by atoms with E-state index in [-0.39, 0.29) is 10.6 Å². The smallest absolute Gasteiger partial charge is 0.240 e. The molecule has 0 heterocycles. The molecular weight excluding hydrogens is 288 g/mol. The molecule has 8 heteroatoms. The maximum absolute atomic E-state index is 11.7. The van der Waals surface area contributed by atoms with Gasteiger partial charge in [0.15, 0.2) is 0 Å². The van der Waals surface area contributed by atoms with Gasteiger partial charge in [-0.3, -0.25) is 4.72 Å². The van der Waals surface area contributed by atoms with Gasteiger partial charge in [-0.05, 0) is 30.7 Å². The summed E-state index contributed by atoms with van der Waals surface area (Å²) in [5.74, 6) is 0.0322. The van der Waals surface area contributed by atoms with Crippen LogP contribution in [0.1, 0.15) is 20.3 Å². The Labute approximate surface area is 114 Å². The minimum atomic E-state index is -3.51. The maximum Gasteiger partial charge on any atom is 0.240 e. The van der Waals surface area contributed by atoms with Crippen molar-refractivity contribution in [2.45, 2.75) is 25.2 Å². The van der Waals surface area contributed by atoms with Gasteiger partial charge in [0.25, 0.3) is 0 Å². The fourth-order valence-electron chi connectivity index (χ4n) is 1.47. The van der Waals surface area contributed by atoms with Crippen molar-refractivity contribution in [1.29, 1.82) is 0 Å². The molecule has 1 aromatic carbocycles. The van der Waals surface area contributed by atoms with E-state index in [0.29, 0.717) is 18.7 Å². The minimum absolute atomic E-state index is 0.0322. The molecule has 108 valence electrons. The summed E-state index contributed by atoms with van der Waals surface area (Å²) >= 11 is 0. The molecule has 0 saturated carbocycles. The molecule has 0 saturated heterocycles. The topological polar surface area (TPSA) is 92.3 Å². The van der Waals surface area contributed by atoms with Crippen molar-refractivity contribution in [3.63, 3.8) is 0 Å². The second kappa shape index (κ2) is 6.36. The van der Waals surface area contributed by atoms with Crippen LogP contribution in [0.2, 0.25) is 0 Å². The van der Waals surface area contributed by atoms with E-state index in [1.165, 1.54) is 24.3 Å². The van der Waals surface area contributed by atoms with Crippen LogP contribution < -0.4 is 9.44 Å². The highest BCUT2D eigenvalue weighted by Gasteiger charge is 2.13. The quantitative estimate of drug-likeness (QED) is 0.790. The summed E-state index contributed by atoms with van der Waals surface area (Å²) in [6.45, 7) is 3.75. The molecule has 0 bridgehead atoms. The Kier molecular flexibility index (Phi) is 5.33. The second-order valence-corrected chi connectivity index (χ2v) is 7.56. The predicted molar refractivity (Wildman–Crippen MR) is 75.0 cm³/mol. The van der Waals surface area contributed by atoms with E-state index < -0.39 is 20.0 Å². The minimum Gasteiger partial charge on any atom is -0.284 e. The van der Waals surface area contributed by atoms with Crippen LogP contribution in [0.25, 0.3) is 0 Å². The third-order valence-electron chi connectivity index (χ3n) is 2.25. The van der Waals surface area contributed by atoms with Crippen LogP contribution in [0.15, 0.2) is 29.2 Å². The molecule has 1 rings (SSSR count). The number of nitrogens with one attached hydrogen (secondary N) is 2. The summed E-state index contributed by atoms with van der Waals surface area (Å²) in [6.07, 6.45) is 0.516. The zero-order chi connectivity index (χ0) is 14.5. The van der Waals surface area contributed by atoms with Gasteiger partial charge in [0.2, 0.25) is 20.0 Å². The summed E-state index contributed by atoms with van der Waals surface area (Å²) < 4.78 is 51.2. The highest BCUT2D eigenvalue weighted by atomic mass is 32.2. The molecule has 19 heavy (non-hydrogen) atoms. The first-order valence-corrected chi connectivity index (χ1v) is 9.04. The Morgan fingerprint density at radius 3 is 2.05 bits per heavy atom. The van der Waals surface area contributed by atoms with Crippen molar-refractivity contribution in [2.75, 3.05) is 17.0 Å². The highest BCUT2D eigenvalue weighted by Crippen LogP contribution is 2.15. The van der Waals surface area contributed by atoms with Crippen LogP contribution in [0, 0.1) is 0 Å². The van der Waals surface area contributed by atoms with Crippen LogP contribution in [0.4, 0.5) is 5.69 Å². The summed E-state index contributed by atoms with van der Waals surface area (Å²) in [4.78, 5) is 0.104. The van der Waals surface area contributed by atoms with Gasteiger partial charge in [-0.2, -0.15) is 0 Å². The number of hydrogen-bond acceptors (Lipinski definition) is 4. The largest absolute Gasteiger partial charge is 0.284 e. The van der Waals surface area contributed by atoms with Crippen LogP contribution in [-0.4, -0.2) is 29.1 Å². The SMILES string of the molecule is CCCS(=O)(=O)Nc1ccc(S(=O)(=O)NCC)cc1. The Bertz CT molecular complexity index is 607. The van der Waals surface area contributed by atoms with E-state index in [9.17, 15) is 16.8 Å². The van der Waals surface area contributed by atoms with Gasteiger partial charge in [0.05, 0.1) is 10.6 Å². The number of hydrogen-bond donors (Lipinski definition) is 2. The first-order chi connectivity index (χ1) is 8.80. The number of benzene rings is 1. The van der Waals surface area contributed by atoms with Crippen LogP contribution in [0.3, 0.4) is 0 Å². The predicted octanol–water partition coefficient (Wildman–Crippen LogP) is 1.14. The molecule has 0 radical (unpaired) electrons. The Hall–Kier alpha value is -1.12. The van der Waals surface area contributed by atoms with Crippen molar-refractivity contribution in [3.8, 4) is 0 Å². The zero-order valence-corrected chi connectivity index (χ0v) is 12.5. The summed E-state index contributed by atoms with van der Waals surface area (Å²) in [5, 5.41) is 0. The molecule has 0 aliphatic carbocycles. The average molecular weight is 306 g/mol. The molecule has 6 nitrogen and oxygen atoms in total. The fraction of sp³-hybridized carbons (Fsp3) is 0.455. The van der Waals surface area contributed by atoms with Crippen LogP contribution in [0.5, 0.6) is 0 Å². The van der Waals surface area contributed by atoms with Gasteiger partial charge in [-0.15, -0.1) is 0 Å². The molecule has 1 aromatic rings. The molecule has 0 aliphatic heterocycles. The van der Waals surface area contributed by atoms with E-state index >= 15 is 0 Å². The Morgan fingerprint density at radius 2 is 1.58 bits per heavy atom. The summed E-state index contributed by atoms with van der Waals surface area (Å²) in [6, 6.07) is 5.58. The van der Waals surface area contributed by atoms with Gasteiger partial charge < -0.3 is 0 Å². The number of anilines is 1. The first kappa shape index (κ1) is 15.9. The van der Waals surface area contributed by atoms with E-state index in [1.54, 1.807) is 13.8 Å².